The number of nitrogens with one attached hydrogen (secondary N) is 1. The summed E-state index contributed by atoms with van der Waals surface area (Å²) in [7, 11) is 0. The fraction of sp³-hybridized carbons (Fsp3) is 0.364. The number of alkyl halides is 3. The third-order valence-corrected chi connectivity index (χ3v) is 2.69. The average molecular weight is 298 g/mol. The van der Waals surface area contributed by atoms with Gasteiger partial charge in [-0.25, -0.2) is 4.79 Å². The third kappa shape index (κ3) is 4.00. The van der Waals surface area contributed by atoms with Gasteiger partial charge in [-0.2, -0.15) is 13.2 Å². The maximum Gasteiger partial charge on any atom is 0.416 e. The van der Waals surface area contributed by atoms with Crippen LogP contribution in [0.15, 0.2) is 18.2 Å². The number of benzene rings is 1. The van der Waals surface area contributed by atoms with E-state index >= 15 is 0 Å². The van der Waals surface area contributed by atoms with Gasteiger partial charge in [-0.1, -0.05) is 11.6 Å². The van der Waals surface area contributed by atoms with Gasteiger partial charge >= 0.3 is 12.1 Å². The maximum atomic E-state index is 12.4. The maximum absolute atomic E-state index is 12.4. The highest BCUT2D eigenvalue weighted by Gasteiger charge is 2.32. The molecule has 19 heavy (non-hydrogen) atoms. The number of hydrogen-bond donors (Lipinski definition) is 3. The van der Waals surface area contributed by atoms with Crippen molar-refractivity contribution in [1.82, 2.24) is 0 Å². The van der Waals surface area contributed by atoms with Gasteiger partial charge in [-0.15, -0.1) is 0 Å². The molecule has 4 nitrogen and oxygen atoms in total. The Morgan fingerprint density at radius 3 is 2.42 bits per heavy atom. The van der Waals surface area contributed by atoms with Gasteiger partial charge in [0.15, 0.2) is 5.60 Å². The molecule has 0 bridgehead atoms. The minimum absolute atomic E-state index is 0.108. The van der Waals surface area contributed by atoms with Gasteiger partial charge in [0.25, 0.3) is 0 Å². The van der Waals surface area contributed by atoms with Crippen LogP contribution in [0.2, 0.25) is 5.02 Å². The van der Waals surface area contributed by atoms with Gasteiger partial charge in [0.05, 0.1) is 22.8 Å². The lowest BCUT2D eigenvalue weighted by Gasteiger charge is -2.20. The van der Waals surface area contributed by atoms with E-state index in [4.69, 9.17) is 16.7 Å². The van der Waals surface area contributed by atoms with E-state index in [-0.39, 0.29) is 10.7 Å². The lowest BCUT2D eigenvalue weighted by Crippen LogP contribution is -2.41. The van der Waals surface area contributed by atoms with Crippen LogP contribution >= 0.6 is 11.6 Å². The molecule has 0 spiro atoms. The van der Waals surface area contributed by atoms with Crippen LogP contribution in [0, 0.1) is 0 Å². The lowest BCUT2D eigenvalue weighted by atomic mass is 10.1. The molecule has 1 unspecified atom stereocenters. The van der Waals surface area contributed by atoms with Gasteiger partial charge in [0.2, 0.25) is 0 Å². The molecule has 0 fully saturated rings. The minimum atomic E-state index is -4.51. The lowest BCUT2D eigenvalue weighted by molar-refractivity contribution is -0.155. The molecule has 1 aromatic rings. The first kappa shape index (κ1) is 15.6. The fourth-order valence-corrected chi connectivity index (χ4v) is 1.43. The van der Waals surface area contributed by atoms with Crippen LogP contribution in [0.3, 0.4) is 0 Å². The highest BCUT2D eigenvalue weighted by atomic mass is 35.5. The Morgan fingerprint density at radius 2 is 2.00 bits per heavy atom. The van der Waals surface area contributed by atoms with Crippen LogP contribution in [0.4, 0.5) is 18.9 Å². The van der Waals surface area contributed by atoms with E-state index < -0.39 is 29.9 Å². The highest BCUT2D eigenvalue weighted by Crippen LogP contribution is 2.33. The molecule has 0 radical (unpaired) electrons. The largest absolute Gasteiger partial charge is 0.479 e. The molecule has 0 aliphatic carbocycles. The van der Waals surface area contributed by atoms with Crippen molar-refractivity contribution in [3.05, 3.63) is 28.8 Å². The number of aliphatic carboxylic acids is 1. The Morgan fingerprint density at radius 1 is 1.42 bits per heavy atom. The zero-order chi connectivity index (χ0) is 14.8. The van der Waals surface area contributed by atoms with Gasteiger partial charge in [-0.05, 0) is 25.1 Å². The molecule has 1 rings (SSSR count). The molecule has 0 heterocycles. The van der Waals surface area contributed by atoms with Gasteiger partial charge < -0.3 is 15.5 Å². The number of halogens is 4. The van der Waals surface area contributed by atoms with E-state index in [1.165, 1.54) is 0 Å². The van der Waals surface area contributed by atoms with E-state index in [1.54, 1.807) is 0 Å². The summed E-state index contributed by atoms with van der Waals surface area (Å²) in [6.07, 6.45) is -4.51. The van der Waals surface area contributed by atoms with Crippen molar-refractivity contribution in [2.75, 3.05) is 11.9 Å². The third-order valence-electron chi connectivity index (χ3n) is 2.38. The summed E-state index contributed by atoms with van der Waals surface area (Å²) in [4.78, 5) is 10.6. The monoisotopic (exact) mass is 297 g/mol. The van der Waals surface area contributed by atoms with Gasteiger partial charge in [0, 0.05) is 0 Å². The summed E-state index contributed by atoms with van der Waals surface area (Å²) < 4.78 is 37.2. The Balaban J connectivity index is 2.85. The SMILES string of the molecule is CC(O)(CNc1ccc(C(F)(F)F)cc1Cl)C(=O)O. The molecular weight excluding hydrogens is 287 g/mol. The van der Waals surface area contributed by atoms with Crippen molar-refractivity contribution in [1.29, 1.82) is 0 Å². The second kappa shape index (κ2) is 5.26. The smallest absolute Gasteiger partial charge is 0.416 e. The molecule has 0 aromatic heterocycles. The van der Waals surface area contributed by atoms with Crippen molar-refractivity contribution in [3.63, 3.8) is 0 Å². The number of carboxylic acid groups (broad SMARTS) is 1. The van der Waals surface area contributed by atoms with E-state index in [0.717, 1.165) is 25.1 Å². The predicted molar refractivity (Wildman–Crippen MR) is 63.2 cm³/mol. The average Bonchev–Trinajstić information content (AvgIpc) is 2.25. The van der Waals surface area contributed by atoms with Crippen LogP contribution in [0.1, 0.15) is 12.5 Å². The first-order valence-electron chi connectivity index (χ1n) is 5.10. The van der Waals surface area contributed by atoms with Crippen LogP contribution in [-0.2, 0) is 11.0 Å². The van der Waals surface area contributed by atoms with Crippen molar-refractivity contribution in [2.24, 2.45) is 0 Å². The second-order valence-corrected chi connectivity index (χ2v) is 4.53. The second-order valence-electron chi connectivity index (χ2n) is 4.12. The van der Waals surface area contributed by atoms with Crippen molar-refractivity contribution < 1.29 is 28.2 Å². The molecule has 8 heteroatoms. The zero-order valence-corrected chi connectivity index (χ0v) is 10.5. The number of hydrogen-bond acceptors (Lipinski definition) is 3. The van der Waals surface area contributed by atoms with Crippen LogP contribution in [0.25, 0.3) is 0 Å². The van der Waals surface area contributed by atoms with E-state index in [0.29, 0.717) is 0 Å². The Labute approximate surface area is 111 Å². The zero-order valence-electron chi connectivity index (χ0n) is 9.75. The summed E-state index contributed by atoms with van der Waals surface area (Å²) in [6, 6.07) is 2.60. The minimum Gasteiger partial charge on any atom is -0.479 e. The molecule has 0 saturated heterocycles. The molecule has 0 aliphatic rings. The Kier molecular flexibility index (Phi) is 4.32. The van der Waals surface area contributed by atoms with Crippen LogP contribution in [0.5, 0.6) is 0 Å². The highest BCUT2D eigenvalue weighted by molar-refractivity contribution is 6.33. The summed E-state index contributed by atoms with van der Waals surface area (Å²) in [6.45, 7) is 0.660. The molecule has 1 aromatic carbocycles. The summed E-state index contributed by atoms with van der Waals surface area (Å²) in [5, 5.41) is 20.4. The molecule has 106 valence electrons. The number of anilines is 1. The standard InChI is InChI=1S/C11H11ClF3NO3/c1-10(19,9(17)18)5-16-8-3-2-6(4-7(8)12)11(13,14)15/h2-4,16,19H,5H2,1H3,(H,17,18). The first-order chi connectivity index (χ1) is 8.54. The normalized spacial score (nSPS) is 14.8. The quantitative estimate of drug-likeness (QED) is 0.799. The van der Waals surface area contributed by atoms with E-state index in [1.807, 2.05) is 0 Å². The van der Waals surface area contributed by atoms with Crippen LogP contribution in [-0.4, -0.2) is 28.3 Å². The van der Waals surface area contributed by atoms with Crippen LogP contribution < -0.4 is 5.32 Å². The Hall–Kier alpha value is -1.47. The number of rotatable bonds is 4. The van der Waals surface area contributed by atoms with Crippen molar-refractivity contribution >= 4 is 23.3 Å². The first-order valence-corrected chi connectivity index (χ1v) is 5.48. The van der Waals surface area contributed by atoms with Gasteiger partial charge in [-0.3, -0.25) is 0 Å². The fourth-order valence-electron chi connectivity index (χ4n) is 1.18. The topological polar surface area (TPSA) is 69.6 Å². The van der Waals surface area contributed by atoms with E-state index in [2.05, 4.69) is 5.32 Å². The summed E-state index contributed by atoms with van der Waals surface area (Å²) >= 11 is 5.65. The molecule has 0 saturated carbocycles. The molecule has 0 aliphatic heterocycles. The van der Waals surface area contributed by atoms with Gasteiger partial charge in [0.1, 0.15) is 0 Å². The predicted octanol–water partition coefficient (Wildman–Crippen LogP) is 2.61. The molecule has 0 amide bonds. The summed E-state index contributed by atoms with van der Waals surface area (Å²) in [5.41, 5.74) is -2.85. The molecular formula is C11H11ClF3NO3. The van der Waals surface area contributed by atoms with Crippen molar-refractivity contribution in [2.45, 2.75) is 18.7 Å². The summed E-state index contributed by atoms with van der Waals surface area (Å²) in [5.74, 6) is -1.46. The van der Waals surface area contributed by atoms with E-state index in [9.17, 15) is 23.1 Å². The molecule has 3 N–H and O–H groups in total. The Bertz CT molecular complexity index is 489. The number of aliphatic hydroxyl groups is 1. The number of carboxylic acids is 1. The molecule has 1 atom stereocenters. The number of carbonyl (C=O) groups is 1. The van der Waals surface area contributed by atoms with Crippen molar-refractivity contribution in [3.8, 4) is 0 Å².